The highest BCUT2D eigenvalue weighted by molar-refractivity contribution is 5.78. The molecule has 0 N–H and O–H groups in total. The van der Waals surface area contributed by atoms with Crippen LogP contribution >= 0.6 is 0 Å². The lowest BCUT2D eigenvalue weighted by atomic mass is 9.96. The minimum absolute atomic E-state index is 0.0722. The first-order chi connectivity index (χ1) is 14.6. The van der Waals surface area contributed by atoms with Gasteiger partial charge >= 0.3 is 6.03 Å². The Hall–Kier alpha value is -2.59. The maximum atomic E-state index is 13.1. The predicted octanol–water partition coefficient (Wildman–Crippen LogP) is 5.82. The topological polar surface area (TPSA) is 32.8 Å². The second-order valence-electron chi connectivity index (χ2n) is 8.11. The third kappa shape index (κ3) is 5.31. The Balaban J connectivity index is 1.58. The Morgan fingerprint density at radius 3 is 2.40 bits per heavy atom. The lowest BCUT2D eigenvalue weighted by Gasteiger charge is -2.33. The predicted molar refractivity (Wildman–Crippen MR) is 122 cm³/mol. The molecule has 2 aromatic carbocycles. The van der Waals surface area contributed by atoms with Crippen molar-refractivity contribution in [3.05, 3.63) is 84.4 Å². The van der Waals surface area contributed by atoms with Crippen molar-refractivity contribution in [1.82, 2.24) is 9.80 Å². The fourth-order valence-corrected chi connectivity index (χ4v) is 4.30. The van der Waals surface area contributed by atoms with Crippen LogP contribution in [0.1, 0.15) is 49.8 Å². The van der Waals surface area contributed by atoms with Crippen LogP contribution in [0.3, 0.4) is 0 Å². The molecule has 3 rings (SSSR count). The first kappa shape index (κ1) is 22.1. The highest BCUT2D eigenvalue weighted by Gasteiger charge is 2.44. The maximum Gasteiger partial charge on any atom is 0.320 e. The van der Waals surface area contributed by atoms with E-state index < -0.39 is 0 Å². The molecular formula is C26H34N2O2. The van der Waals surface area contributed by atoms with Gasteiger partial charge in [-0.1, -0.05) is 66.7 Å². The average Bonchev–Trinajstić information content (AvgIpc) is 3.00. The summed E-state index contributed by atoms with van der Waals surface area (Å²) in [7, 11) is 1.91. The molecule has 30 heavy (non-hydrogen) atoms. The molecule has 2 aromatic rings. The van der Waals surface area contributed by atoms with Crippen LogP contribution in [-0.2, 0) is 11.3 Å². The summed E-state index contributed by atoms with van der Waals surface area (Å²) in [6.45, 7) is 7.48. The number of benzene rings is 2. The molecule has 0 radical (unpaired) electrons. The van der Waals surface area contributed by atoms with Gasteiger partial charge in [0.2, 0.25) is 0 Å². The first-order valence-corrected chi connectivity index (χ1v) is 11.0. The lowest BCUT2D eigenvalue weighted by Crippen LogP contribution is -2.39. The smallest absolute Gasteiger partial charge is 0.320 e. The molecule has 1 saturated heterocycles. The third-order valence-electron chi connectivity index (χ3n) is 6.05. The molecule has 0 aromatic heterocycles. The molecule has 0 saturated carbocycles. The van der Waals surface area contributed by atoms with Crippen LogP contribution in [0, 0.1) is 0 Å². The van der Waals surface area contributed by atoms with E-state index in [1.807, 2.05) is 42.3 Å². The van der Waals surface area contributed by atoms with Gasteiger partial charge in [0.25, 0.3) is 0 Å². The van der Waals surface area contributed by atoms with Crippen LogP contribution in [-0.4, -0.2) is 41.6 Å². The third-order valence-corrected chi connectivity index (χ3v) is 6.05. The van der Waals surface area contributed by atoms with E-state index in [1.54, 1.807) is 0 Å². The zero-order chi connectivity index (χ0) is 21.3. The molecule has 4 heteroatoms. The molecule has 0 aliphatic carbocycles. The van der Waals surface area contributed by atoms with Gasteiger partial charge < -0.3 is 14.5 Å². The van der Waals surface area contributed by atoms with Crippen molar-refractivity contribution in [2.75, 3.05) is 13.7 Å². The van der Waals surface area contributed by atoms with Crippen LogP contribution in [0.2, 0.25) is 0 Å². The molecule has 1 aliphatic rings. The Morgan fingerprint density at radius 2 is 1.73 bits per heavy atom. The van der Waals surface area contributed by atoms with Gasteiger partial charge in [-0.2, -0.15) is 0 Å². The van der Waals surface area contributed by atoms with Crippen molar-refractivity contribution >= 4 is 6.03 Å². The molecule has 160 valence electrons. The van der Waals surface area contributed by atoms with Gasteiger partial charge in [-0.05, 0) is 43.7 Å². The second-order valence-corrected chi connectivity index (χ2v) is 8.11. The van der Waals surface area contributed by atoms with E-state index in [0.717, 1.165) is 32.3 Å². The van der Waals surface area contributed by atoms with Crippen molar-refractivity contribution in [2.24, 2.45) is 0 Å². The number of rotatable bonds is 11. The summed E-state index contributed by atoms with van der Waals surface area (Å²) in [5.74, 6) is 0. The second kappa shape index (κ2) is 11.0. The van der Waals surface area contributed by atoms with Crippen molar-refractivity contribution in [1.29, 1.82) is 0 Å². The number of ether oxygens (including phenoxy) is 1. The summed E-state index contributed by atoms with van der Waals surface area (Å²) >= 11 is 0. The van der Waals surface area contributed by atoms with E-state index >= 15 is 0 Å². The van der Waals surface area contributed by atoms with Gasteiger partial charge in [0.1, 0.15) is 0 Å². The number of urea groups is 1. The minimum Gasteiger partial charge on any atom is -0.377 e. The Morgan fingerprint density at radius 1 is 1.07 bits per heavy atom. The van der Waals surface area contributed by atoms with E-state index in [4.69, 9.17) is 4.74 Å². The van der Waals surface area contributed by atoms with E-state index in [2.05, 4.69) is 54.8 Å². The molecule has 1 heterocycles. The molecule has 0 unspecified atom stereocenters. The maximum absolute atomic E-state index is 13.1. The van der Waals surface area contributed by atoms with E-state index in [9.17, 15) is 4.79 Å². The van der Waals surface area contributed by atoms with Gasteiger partial charge in [-0.3, -0.25) is 0 Å². The monoisotopic (exact) mass is 406 g/mol. The molecule has 0 bridgehead atoms. The number of likely N-dealkylation sites (N-methyl/N-ethyl adjacent to an activating group) is 1. The van der Waals surface area contributed by atoms with Crippen molar-refractivity contribution < 1.29 is 9.53 Å². The summed E-state index contributed by atoms with van der Waals surface area (Å²) in [5, 5.41) is 0. The van der Waals surface area contributed by atoms with Gasteiger partial charge in [0.05, 0.1) is 18.7 Å². The molecule has 3 atom stereocenters. The lowest BCUT2D eigenvalue weighted by molar-refractivity contribution is 0.113. The zero-order valence-corrected chi connectivity index (χ0v) is 18.2. The van der Waals surface area contributed by atoms with E-state index in [-0.39, 0.29) is 24.2 Å². The summed E-state index contributed by atoms with van der Waals surface area (Å²) in [6, 6.07) is 21.1. The first-order valence-electron chi connectivity index (χ1n) is 11.0. The average molecular weight is 407 g/mol. The molecule has 0 spiro atoms. The van der Waals surface area contributed by atoms with Gasteiger partial charge in [0, 0.05) is 19.7 Å². The Labute approximate surface area is 181 Å². The quantitative estimate of drug-likeness (QED) is 0.348. The number of unbranched alkanes of at least 4 members (excludes halogenated alkanes) is 1. The van der Waals surface area contributed by atoms with Crippen LogP contribution in [0.5, 0.6) is 0 Å². The van der Waals surface area contributed by atoms with Crippen molar-refractivity contribution in [3.8, 4) is 0 Å². The van der Waals surface area contributed by atoms with Gasteiger partial charge in [0.15, 0.2) is 0 Å². The Kier molecular flexibility index (Phi) is 8.09. The largest absolute Gasteiger partial charge is 0.377 e. The number of carbonyl (C=O) groups is 1. The van der Waals surface area contributed by atoms with E-state index in [0.29, 0.717) is 6.61 Å². The fourth-order valence-electron chi connectivity index (χ4n) is 4.30. The van der Waals surface area contributed by atoms with Gasteiger partial charge in [-0.25, -0.2) is 4.79 Å². The summed E-state index contributed by atoms with van der Waals surface area (Å²) in [5.41, 5.74) is 2.40. The standard InChI is InChI=1S/C26H34N2O2/c1-4-13-24(18-11-12-19-30-20-22-14-7-5-8-15-22)28-25(21(2)27(3)26(28)29)23-16-9-6-10-17-23/h4-10,14-17,21,24-25H,1,11-13,18-20H2,2-3H3/t21-,24+,25-/m1/s1. The number of hydrogen-bond donors (Lipinski definition) is 0. The van der Waals surface area contributed by atoms with Crippen LogP contribution in [0.15, 0.2) is 73.3 Å². The summed E-state index contributed by atoms with van der Waals surface area (Å²) < 4.78 is 5.82. The van der Waals surface area contributed by atoms with Crippen LogP contribution < -0.4 is 0 Å². The van der Waals surface area contributed by atoms with Crippen LogP contribution in [0.4, 0.5) is 4.79 Å². The summed E-state index contributed by atoms with van der Waals surface area (Å²) in [6.07, 6.45) is 5.71. The number of carbonyl (C=O) groups excluding carboxylic acids is 1. The Bertz CT molecular complexity index is 793. The number of hydrogen-bond acceptors (Lipinski definition) is 2. The SMILES string of the molecule is C=CC[C@@H](CCCCOCc1ccccc1)N1C(=O)N(C)[C@H](C)[C@@H]1c1ccccc1. The number of amides is 2. The zero-order valence-electron chi connectivity index (χ0n) is 18.2. The molecular weight excluding hydrogens is 372 g/mol. The van der Waals surface area contributed by atoms with Gasteiger partial charge in [-0.15, -0.1) is 6.58 Å². The molecule has 1 aliphatic heterocycles. The molecule has 1 fully saturated rings. The highest BCUT2D eigenvalue weighted by Crippen LogP contribution is 2.37. The molecule has 2 amide bonds. The fraction of sp³-hybridized carbons (Fsp3) is 0.423. The van der Waals surface area contributed by atoms with E-state index in [1.165, 1.54) is 11.1 Å². The minimum atomic E-state index is 0.0722. The van der Waals surface area contributed by atoms with Crippen LogP contribution in [0.25, 0.3) is 0 Å². The summed E-state index contributed by atoms with van der Waals surface area (Å²) in [4.78, 5) is 17.1. The van der Waals surface area contributed by atoms with Crippen molar-refractivity contribution in [3.63, 3.8) is 0 Å². The molecule has 4 nitrogen and oxygen atoms in total. The number of nitrogens with zero attached hydrogens (tertiary/aromatic N) is 2. The normalized spacial score (nSPS) is 19.9. The highest BCUT2D eigenvalue weighted by atomic mass is 16.5. The van der Waals surface area contributed by atoms with Crippen molar-refractivity contribution in [2.45, 2.75) is 57.3 Å².